The number of hydrogen-bond acceptors (Lipinski definition) is 3. The van der Waals surface area contributed by atoms with Crippen molar-refractivity contribution in [3.63, 3.8) is 0 Å². The number of aromatic amines is 1. The number of imide groups is 1. The van der Waals surface area contributed by atoms with Gasteiger partial charge in [0, 0.05) is 22.8 Å². The minimum absolute atomic E-state index is 0.179. The monoisotopic (exact) mass is 326 g/mol. The zero-order valence-corrected chi connectivity index (χ0v) is 13.3. The van der Waals surface area contributed by atoms with Crippen LogP contribution in [0, 0.1) is 5.92 Å². The van der Waals surface area contributed by atoms with Gasteiger partial charge in [0.25, 0.3) is 5.91 Å². The van der Waals surface area contributed by atoms with Gasteiger partial charge in [0.2, 0.25) is 5.91 Å². The van der Waals surface area contributed by atoms with Crippen LogP contribution in [0.5, 0.6) is 0 Å². The van der Waals surface area contributed by atoms with Gasteiger partial charge in [0.05, 0.1) is 0 Å². The van der Waals surface area contributed by atoms with Gasteiger partial charge in [-0.2, -0.15) is 0 Å². The van der Waals surface area contributed by atoms with Gasteiger partial charge in [-0.05, 0) is 49.9 Å². The van der Waals surface area contributed by atoms with Crippen molar-refractivity contribution in [3.8, 4) is 0 Å². The molecule has 1 saturated heterocycles. The van der Waals surface area contributed by atoms with E-state index in [0.29, 0.717) is 5.69 Å². The van der Waals surface area contributed by atoms with Crippen LogP contribution in [0.1, 0.15) is 19.8 Å². The minimum Gasteiger partial charge on any atom is -0.361 e. The van der Waals surface area contributed by atoms with E-state index < -0.39 is 17.5 Å². The maximum absolute atomic E-state index is 12.5. The third-order valence-corrected chi connectivity index (χ3v) is 4.83. The lowest BCUT2D eigenvalue weighted by Crippen LogP contribution is -2.46. The highest BCUT2D eigenvalue weighted by molar-refractivity contribution is 6.10. The number of nitrogens with zero attached hydrogens (tertiary/aromatic N) is 1. The maximum atomic E-state index is 12.5. The van der Waals surface area contributed by atoms with E-state index >= 15 is 0 Å². The summed E-state index contributed by atoms with van der Waals surface area (Å²) in [6.07, 6.45) is 3.68. The van der Waals surface area contributed by atoms with Crippen LogP contribution in [-0.4, -0.2) is 39.8 Å². The van der Waals surface area contributed by atoms with Crippen LogP contribution in [-0.2, 0) is 9.59 Å². The molecule has 124 valence electrons. The number of aromatic nitrogens is 1. The fraction of sp³-hybridized carbons (Fsp3) is 0.353. The van der Waals surface area contributed by atoms with Crippen molar-refractivity contribution in [1.29, 1.82) is 0 Å². The molecule has 4 amide bonds. The highest BCUT2D eigenvalue weighted by atomic mass is 16.2. The molecule has 3 N–H and O–H groups in total. The molecule has 2 aromatic rings. The van der Waals surface area contributed by atoms with E-state index in [4.69, 9.17) is 0 Å². The topological polar surface area (TPSA) is 94.3 Å². The van der Waals surface area contributed by atoms with Crippen molar-refractivity contribution in [1.82, 2.24) is 15.2 Å². The fourth-order valence-electron chi connectivity index (χ4n) is 3.27. The predicted octanol–water partition coefficient (Wildman–Crippen LogP) is 1.83. The van der Waals surface area contributed by atoms with Crippen LogP contribution in [0.25, 0.3) is 10.9 Å². The lowest BCUT2D eigenvalue weighted by Gasteiger charge is -2.20. The molecule has 2 heterocycles. The van der Waals surface area contributed by atoms with Crippen molar-refractivity contribution in [3.05, 3.63) is 30.5 Å². The lowest BCUT2D eigenvalue weighted by molar-refractivity contribution is -0.134. The number of carbonyl (C=O) groups excluding carboxylic acids is 3. The summed E-state index contributed by atoms with van der Waals surface area (Å²) < 4.78 is 0. The first-order valence-corrected chi connectivity index (χ1v) is 7.98. The Hall–Kier alpha value is -2.83. The molecule has 0 spiro atoms. The fourth-order valence-corrected chi connectivity index (χ4v) is 3.27. The molecule has 1 aromatic carbocycles. The SMILES string of the molecule is CC1(C2CC2)NC(=O)N(CC(=O)Nc2ccc3[nH]ccc3c2)C1=O. The molecule has 2 fully saturated rings. The molecular formula is C17H18N4O3. The Bertz CT molecular complexity index is 854. The largest absolute Gasteiger partial charge is 0.361 e. The number of benzene rings is 1. The first-order valence-electron chi connectivity index (χ1n) is 7.98. The molecule has 2 aliphatic rings. The number of nitrogens with one attached hydrogen (secondary N) is 3. The number of H-pyrrole nitrogens is 1. The molecule has 1 aromatic heterocycles. The third kappa shape index (κ3) is 2.33. The Morgan fingerprint density at radius 2 is 2.12 bits per heavy atom. The van der Waals surface area contributed by atoms with Crippen LogP contribution < -0.4 is 10.6 Å². The molecule has 1 atom stereocenters. The van der Waals surface area contributed by atoms with Crippen LogP contribution >= 0.6 is 0 Å². The van der Waals surface area contributed by atoms with Gasteiger partial charge in [-0.15, -0.1) is 0 Å². The van der Waals surface area contributed by atoms with Crippen molar-refractivity contribution < 1.29 is 14.4 Å². The van der Waals surface area contributed by atoms with Gasteiger partial charge in [0.1, 0.15) is 12.1 Å². The molecule has 1 unspecified atom stereocenters. The second-order valence-corrected chi connectivity index (χ2v) is 6.63. The number of carbonyl (C=O) groups is 3. The van der Waals surface area contributed by atoms with E-state index in [1.54, 1.807) is 13.0 Å². The second-order valence-electron chi connectivity index (χ2n) is 6.63. The predicted molar refractivity (Wildman–Crippen MR) is 88.3 cm³/mol. The molecular weight excluding hydrogens is 308 g/mol. The Morgan fingerprint density at radius 1 is 1.33 bits per heavy atom. The van der Waals surface area contributed by atoms with Crippen molar-refractivity contribution >= 4 is 34.4 Å². The quantitative estimate of drug-likeness (QED) is 0.748. The molecule has 7 nitrogen and oxygen atoms in total. The first kappa shape index (κ1) is 14.7. The van der Waals surface area contributed by atoms with Gasteiger partial charge in [-0.3, -0.25) is 14.5 Å². The number of hydrogen-bond donors (Lipinski definition) is 3. The van der Waals surface area contributed by atoms with E-state index in [9.17, 15) is 14.4 Å². The summed E-state index contributed by atoms with van der Waals surface area (Å²) >= 11 is 0. The second kappa shape index (κ2) is 5.09. The number of urea groups is 1. The van der Waals surface area contributed by atoms with Crippen molar-refractivity contribution in [2.24, 2.45) is 5.92 Å². The van der Waals surface area contributed by atoms with Gasteiger partial charge >= 0.3 is 6.03 Å². The van der Waals surface area contributed by atoms with Gasteiger partial charge in [-0.1, -0.05) is 0 Å². The highest BCUT2D eigenvalue weighted by Gasteiger charge is 2.56. The molecule has 4 rings (SSSR count). The summed E-state index contributed by atoms with van der Waals surface area (Å²) in [5.41, 5.74) is 0.743. The summed E-state index contributed by atoms with van der Waals surface area (Å²) in [6, 6.07) is 6.89. The number of fused-ring (bicyclic) bond motifs is 1. The lowest BCUT2D eigenvalue weighted by atomic mass is 9.96. The molecule has 0 bridgehead atoms. The van der Waals surface area contributed by atoms with E-state index in [1.807, 2.05) is 24.4 Å². The average Bonchev–Trinajstić information content (AvgIpc) is 3.26. The normalized spacial score (nSPS) is 23.6. The standard InChI is InChI=1S/C17H18N4O3/c1-17(11-2-3-11)15(23)21(16(24)20-17)9-14(22)19-12-4-5-13-10(8-12)6-7-18-13/h4-8,11,18H,2-3,9H2,1H3,(H,19,22)(H,20,24). The number of anilines is 1. The molecule has 1 aliphatic heterocycles. The first-order chi connectivity index (χ1) is 11.5. The van der Waals surface area contributed by atoms with Crippen molar-refractivity contribution in [2.45, 2.75) is 25.3 Å². The Kier molecular flexibility index (Phi) is 3.13. The van der Waals surface area contributed by atoms with Crippen LogP contribution in [0.15, 0.2) is 30.5 Å². The Balaban J connectivity index is 1.45. The highest BCUT2D eigenvalue weighted by Crippen LogP contribution is 2.42. The molecule has 24 heavy (non-hydrogen) atoms. The Labute approximate surface area is 138 Å². The molecule has 1 aliphatic carbocycles. The maximum Gasteiger partial charge on any atom is 0.325 e. The van der Waals surface area contributed by atoms with Gasteiger partial charge < -0.3 is 15.6 Å². The zero-order chi connectivity index (χ0) is 16.9. The van der Waals surface area contributed by atoms with Gasteiger partial charge in [0.15, 0.2) is 0 Å². The van der Waals surface area contributed by atoms with Crippen LogP contribution in [0.4, 0.5) is 10.5 Å². The van der Waals surface area contributed by atoms with E-state index in [1.165, 1.54) is 0 Å². The van der Waals surface area contributed by atoms with E-state index in [0.717, 1.165) is 28.6 Å². The third-order valence-electron chi connectivity index (χ3n) is 4.83. The summed E-state index contributed by atoms with van der Waals surface area (Å²) in [7, 11) is 0. The Morgan fingerprint density at radius 3 is 2.88 bits per heavy atom. The smallest absolute Gasteiger partial charge is 0.325 e. The molecule has 1 saturated carbocycles. The summed E-state index contributed by atoms with van der Waals surface area (Å²) in [4.78, 5) is 40.9. The van der Waals surface area contributed by atoms with E-state index in [-0.39, 0.29) is 18.4 Å². The summed E-state index contributed by atoms with van der Waals surface area (Å²) in [5, 5.41) is 6.45. The molecule has 0 radical (unpaired) electrons. The summed E-state index contributed by atoms with van der Waals surface area (Å²) in [5.74, 6) is -0.530. The summed E-state index contributed by atoms with van der Waals surface area (Å²) in [6.45, 7) is 1.46. The van der Waals surface area contributed by atoms with Gasteiger partial charge in [-0.25, -0.2) is 4.79 Å². The molecule has 7 heteroatoms. The van der Waals surface area contributed by atoms with Crippen LogP contribution in [0.2, 0.25) is 0 Å². The van der Waals surface area contributed by atoms with Crippen molar-refractivity contribution in [2.75, 3.05) is 11.9 Å². The number of rotatable bonds is 4. The average molecular weight is 326 g/mol. The minimum atomic E-state index is -0.860. The van der Waals surface area contributed by atoms with E-state index in [2.05, 4.69) is 15.6 Å². The van der Waals surface area contributed by atoms with Crippen LogP contribution in [0.3, 0.4) is 0 Å². The zero-order valence-electron chi connectivity index (χ0n) is 13.3. The number of amides is 4.